The minimum Gasteiger partial charge on any atom is -0.390 e. The molecular formula is C24H20F3N3O2. The predicted molar refractivity (Wildman–Crippen MR) is 115 cm³/mol. The van der Waals surface area contributed by atoms with Gasteiger partial charge in [0.1, 0.15) is 17.5 Å². The molecule has 2 amide bonds. The molecule has 32 heavy (non-hydrogen) atoms. The molecule has 0 saturated carbocycles. The van der Waals surface area contributed by atoms with Crippen molar-refractivity contribution in [1.82, 2.24) is 4.90 Å². The van der Waals surface area contributed by atoms with Crippen molar-refractivity contribution in [3.05, 3.63) is 101 Å². The van der Waals surface area contributed by atoms with Crippen LogP contribution in [0.25, 0.3) is 0 Å². The van der Waals surface area contributed by atoms with Crippen LogP contribution in [0.1, 0.15) is 17.5 Å². The summed E-state index contributed by atoms with van der Waals surface area (Å²) in [5, 5.41) is 6.60. The molecular weight excluding hydrogens is 419 g/mol. The van der Waals surface area contributed by atoms with E-state index in [1.165, 1.54) is 35.2 Å². The SMILES string of the molecule is O=C(Nc1cccc(F)c1)N(Cc1ccccc1F)CC1CC(c2ccccc2F)=NO1. The van der Waals surface area contributed by atoms with Crippen molar-refractivity contribution in [2.45, 2.75) is 19.1 Å². The van der Waals surface area contributed by atoms with Crippen molar-refractivity contribution in [2.75, 3.05) is 11.9 Å². The third kappa shape index (κ3) is 5.08. The van der Waals surface area contributed by atoms with E-state index in [9.17, 15) is 18.0 Å². The van der Waals surface area contributed by atoms with Crippen LogP contribution in [0, 0.1) is 17.5 Å². The molecule has 1 aliphatic rings. The summed E-state index contributed by atoms with van der Waals surface area (Å²) in [4.78, 5) is 19.7. The molecule has 1 N–H and O–H groups in total. The molecule has 0 aliphatic carbocycles. The Bertz CT molecular complexity index is 1150. The number of halogens is 3. The fraction of sp³-hybridized carbons (Fsp3) is 0.167. The first kappa shape index (κ1) is 21.4. The Morgan fingerprint density at radius 2 is 1.75 bits per heavy atom. The number of carbonyl (C=O) groups is 1. The summed E-state index contributed by atoms with van der Waals surface area (Å²) in [6, 6.07) is 17.3. The van der Waals surface area contributed by atoms with Crippen LogP contribution in [-0.4, -0.2) is 29.3 Å². The van der Waals surface area contributed by atoms with Gasteiger partial charge in [-0.1, -0.05) is 47.6 Å². The van der Waals surface area contributed by atoms with Gasteiger partial charge in [0.2, 0.25) is 0 Å². The molecule has 3 aromatic carbocycles. The van der Waals surface area contributed by atoms with E-state index in [1.807, 2.05) is 0 Å². The standard InChI is InChI=1S/C24H20F3N3O2/c25-17-7-5-8-18(12-17)28-24(31)30(14-16-6-1-3-10-21(16)26)15-19-13-23(29-32-19)20-9-2-4-11-22(20)27/h1-12,19H,13-15H2,(H,28,31). The Kier molecular flexibility index (Phi) is 6.39. The summed E-state index contributed by atoms with van der Waals surface area (Å²) >= 11 is 0. The molecule has 8 heteroatoms. The van der Waals surface area contributed by atoms with Gasteiger partial charge in [-0.25, -0.2) is 18.0 Å². The number of amides is 2. The summed E-state index contributed by atoms with van der Waals surface area (Å²) in [7, 11) is 0. The highest BCUT2D eigenvalue weighted by Crippen LogP contribution is 2.21. The van der Waals surface area contributed by atoms with E-state index in [-0.39, 0.29) is 25.2 Å². The first-order valence-corrected chi connectivity index (χ1v) is 10.0. The molecule has 0 radical (unpaired) electrons. The second-order valence-electron chi connectivity index (χ2n) is 7.36. The van der Waals surface area contributed by atoms with Gasteiger partial charge in [-0.3, -0.25) is 0 Å². The zero-order valence-corrected chi connectivity index (χ0v) is 17.0. The van der Waals surface area contributed by atoms with Gasteiger partial charge in [-0.2, -0.15) is 0 Å². The highest BCUT2D eigenvalue weighted by molar-refractivity contribution is 6.01. The smallest absolute Gasteiger partial charge is 0.322 e. The maximum Gasteiger partial charge on any atom is 0.322 e. The molecule has 0 saturated heterocycles. The van der Waals surface area contributed by atoms with E-state index < -0.39 is 29.6 Å². The van der Waals surface area contributed by atoms with Crippen LogP contribution in [0.15, 0.2) is 78.0 Å². The van der Waals surface area contributed by atoms with Crippen LogP contribution in [0.4, 0.5) is 23.7 Å². The minimum absolute atomic E-state index is 0.0390. The van der Waals surface area contributed by atoms with Crippen molar-refractivity contribution < 1.29 is 22.8 Å². The second-order valence-corrected chi connectivity index (χ2v) is 7.36. The van der Waals surface area contributed by atoms with E-state index >= 15 is 0 Å². The van der Waals surface area contributed by atoms with Gasteiger partial charge in [0.05, 0.1) is 18.8 Å². The molecule has 1 unspecified atom stereocenters. The molecule has 1 aliphatic heterocycles. The van der Waals surface area contributed by atoms with E-state index in [4.69, 9.17) is 4.84 Å². The lowest BCUT2D eigenvalue weighted by atomic mass is 10.0. The number of benzene rings is 3. The quantitative estimate of drug-likeness (QED) is 0.564. The lowest BCUT2D eigenvalue weighted by Gasteiger charge is -2.25. The zero-order valence-electron chi connectivity index (χ0n) is 17.0. The molecule has 0 bridgehead atoms. The fourth-order valence-corrected chi connectivity index (χ4v) is 3.45. The Morgan fingerprint density at radius 1 is 1.00 bits per heavy atom. The van der Waals surface area contributed by atoms with Crippen LogP contribution < -0.4 is 5.32 Å². The van der Waals surface area contributed by atoms with Crippen molar-refractivity contribution in [2.24, 2.45) is 5.16 Å². The van der Waals surface area contributed by atoms with Gasteiger partial charge in [-0.05, 0) is 30.3 Å². The molecule has 0 fully saturated rings. The summed E-state index contributed by atoms with van der Waals surface area (Å²) in [6.45, 7) is 0.0274. The molecule has 5 nitrogen and oxygen atoms in total. The van der Waals surface area contributed by atoms with E-state index in [1.54, 1.807) is 42.5 Å². The monoisotopic (exact) mass is 439 g/mol. The van der Waals surface area contributed by atoms with Crippen LogP contribution >= 0.6 is 0 Å². The number of nitrogens with zero attached hydrogens (tertiary/aromatic N) is 2. The van der Waals surface area contributed by atoms with Gasteiger partial charge in [-0.15, -0.1) is 0 Å². The predicted octanol–water partition coefficient (Wildman–Crippen LogP) is 5.33. The van der Waals surface area contributed by atoms with Crippen LogP contribution in [0.3, 0.4) is 0 Å². The summed E-state index contributed by atoms with van der Waals surface area (Å²) < 4.78 is 41.8. The summed E-state index contributed by atoms with van der Waals surface area (Å²) in [5.74, 6) is -1.36. The Morgan fingerprint density at radius 3 is 2.50 bits per heavy atom. The normalized spacial score (nSPS) is 15.1. The number of urea groups is 1. The number of anilines is 1. The van der Waals surface area contributed by atoms with Crippen molar-refractivity contribution in [1.29, 1.82) is 0 Å². The number of oxime groups is 1. The topological polar surface area (TPSA) is 53.9 Å². The van der Waals surface area contributed by atoms with E-state index in [2.05, 4.69) is 10.5 Å². The van der Waals surface area contributed by atoms with Crippen molar-refractivity contribution >= 4 is 17.4 Å². The largest absolute Gasteiger partial charge is 0.390 e. The third-order valence-corrected chi connectivity index (χ3v) is 5.02. The maximum absolute atomic E-state index is 14.2. The molecule has 0 spiro atoms. The molecule has 1 heterocycles. The molecule has 0 aromatic heterocycles. The Balaban J connectivity index is 1.50. The van der Waals surface area contributed by atoms with E-state index in [0.29, 0.717) is 16.8 Å². The Hall–Kier alpha value is -3.81. The summed E-state index contributed by atoms with van der Waals surface area (Å²) in [5.41, 5.74) is 1.35. The van der Waals surface area contributed by atoms with E-state index in [0.717, 1.165) is 0 Å². The number of hydrogen-bond donors (Lipinski definition) is 1. The molecule has 1 atom stereocenters. The van der Waals surface area contributed by atoms with Crippen molar-refractivity contribution in [3.63, 3.8) is 0 Å². The van der Waals surface area contributed by atoms with Crippen molar-refractivity contribution in [3.8, 4) is 0 Å². The lowest BCUT2D eigenvalue weighted by molar-refractivity contribution is 0.0606. The van der Waals surface area contributed by atoms with Gasteiger partial charge >= 0.3 is 6.03 Å². The minimum atomic E-state index is -0.554. The highest BCUT2D eigenvalue weighted by Gasteiger charge is 2.28. The number of hydrogen-bond acceptors (Lipinski definition) is 3. The van der Waals surface area contributed by atoms with Gasteiger partial charge in [0.15, 0.2) is 6.10 Å². The van der Waals surface area contributed by atoms with Crippen LogP contribution in [0.5, 0.6) is 0 Å². The maximum atomic E-state index is 14.2. The Labute approximate surface area is 183 Å². The lowest BCUT2D eigenvalue weighted by Crippen LogP contribution is -2.40. The van der Waals surface area contributed by atoms with Gasteiger partial charge in [0.25, 0.3) is 0 Å². The molecule has 3 aromatic rings. The number of carbonyl (C=O) groups excluding carboxylic acids is 1. The highest BCUT2D eigenvalue weighted by atomic mass is 19.1. The second kappa shape index (κ2) is 9.55. The van der Waals surface area contributed by atoms with Gasteiger partial charge in [0, 0.05) is 23.2 Å². The molecule has 164 valence electrons. The third-order valence-electron chi connectivity index (χ3n) is 5.02. The average molecular weight is 439 g/mol. The number of nitrogens with one attached hydrogen (secondary N) is 1. The first-order valence-electron chi connectivity index (χ1n) is 10.0. The molecule has 4 rings (SSSR count). The van der Waals surface area contributed by atoms with Crippen LogP contribution in [-0.2, 0) is 11.4 Å². The number of rotatable bonds is 6. The van der Waals surface area contributed by atoms with Crippen LogP contribution in [0.2, 0.25) is 0 Å². The first-order chi connectivity index (χ1) is 15.5. The fourth-order valence-electron chi connectivity index (χ4n) is 3.45. The summed E-state index contributed by atoms with van der Waals surface area (Å²) in [6.07, 6.45) is -0.267. The zero-order chi connectivity index (χ0) is 22.5. The van der Waals surface area contributed by atoms with Gasteiger partial charge < -0.3 is 15.1 Å². The average Bonchev–Trinajstić information content (AvgIpc) is 3.23.